The molecular weight excluding hydrogens is 366 g/mol. The molecule has 0 aromatic heterocycles. The molecule has 7 heteroatoms. The molecule has 1 fully saturated rings. The van der Waals surface area contributed by atoms with E-state index in [1.807, 2.05) is 18.2 Å². The van der Waals surface area contributed by atoms with E-state index in [1.54, 1.807) is 18.2 Å². The molecule has 2 N–H and O–H groups in total. The number of alkyl halides is 2. The van der Waals surface area contributed by atoms with Crippen molar-refractivity contribution in [2.24, 2.45) is 0 Å². The maximum atomic E-state index is 12.5. The average Bonchev–Trinajstić information content (AvgIpc) is 2.72. The first kappa shape index (κ1) is 20.1. The van der Waals surface area contributed by atoms with E-state index < -0.39 is 6.61 Å². The fraction of sp³-hybridized carbons (Fsp3) is 0.381. The van der Waals surface area contributed by atoms with Crippen LogP contribution in [-0.4, -0.2) is 32.4 Å². The molecule has 150 valence electrons. The number of carbonyl (C=O) groups excluding carboxylic acids is 1. The van der Waals surface area contributed by atoms with Crippen LogP contribution in [0.4, 0.5) is 13.6 Å². The lowest BCUT2D eigenvalue weighted by Gasteiger charge is -2.38. The summed E-state index contributed by atoms with van der Waals surface area (Å²) in [4.78, 5) is 12.3. The van der Waals surface area contributed by atoms with Crippen molar-refractivity contribution >= 4 is 6.03 Å². The molecule has 0 atom stereocenters. The highest BCUT2D eigenvalue weighted by Crippen LogP contribution is 2.34. The average molecular weight is 390 g/mol. The lowest BCUT2D eigenvalue weighted by Crippen LogP contribution is -2.47. The van der Waals surface area contributed by atoms with Crippen molar-refractivity contribution in [2.75, 3.05) is 19.8 Å². The number of halogens is 2. The van der Waals surface area contributed by atoms with Gasteiger partial charge in [0.2, 0.25) is 0 Å². The van der Waals surface area contributed by atoms with Crippen molar-refractivity contribution in [1.29, 1.82) is 0 Å². The number of hydrogen-bond donors (Lipinski definition) is 2. The van der Waals surface area contributed by atoms with Gasteiger partial charge in [0.1, 0.15) is 5.75 Å². The molecule has 3 rings (SSSR count). The summed E-state index contributed by atoms with van der Waals surface area (Å²) >= 11 is 0. The number of rotatable bonds is 7. The van der Waals surface area contributed by atoms with Crippen molar-refractivity contribution < 1.29 is 23.0 Å². The molecule has 0 spiro atoms. The number of hydrogen-bond acceptors (Lipinski definition) is 3. The van der Waals surface area contributed by atoms with Crippen LogP contribution in [-0.2, 0) is 16.7 Å². The van der Waals surface area contributed by atoms with E-state index in [4.69, 9.17) is 4.74 Å². The summed E-state index contributed by atoms with van der Waals surface area (Å²) in [6.07, 6.45) is 1.64. The standard InChI is InChI=1S/C21H24F2N2O3/c22-19(23)28-18-9-5-4-6-16(18)14-24-20(26)25-15-21(10-12-27-13-11-21)17-7-2-1-3-8-17/h1-9,19H,10-15H2,(H2,24,25,26). The van der Waals surface area contributed by atoms with Gasteiger partial charge in [0, 0.05) is 37.3 Å². The van der Waals surface area contributed by atoms with Crippen LogP contribution in [0.1, 0.15) is 24.0 Å². The lowest BCUT2D eigenvalue weighted by atomic mass is 9.74. The number of benzene rings is 2. The van der Waals surface area contributed by atoms with Crippen molar-refractivity contribution in [3.8, 4) is 5.75 Å². The minimum absolute atomic E-state index is 0.0583. The molecule has 28 heavy (non-hydrogen) atoms. The predicted octanol–water partition coefficient (Wildman–Crippen LogP) is 3.84. The number of urea groups is 1. The van der Waals surface area contributed by atoms with E-state index in [1.165, 1.54) is 11.6 Å². The van der Waals surface area contributed by atoms with Gasteiger partial charge < -0.3 is 20.1 Å². The molecule has 2 aromatic rings. The van der Waals surface area contributed by atoms with Crippen LogP contribution in [0.15, 0.2) is 54.6 Å². The highest BCUT2D eigenvalue weighted by molar-refractivity contribution is 5.74. The van der Waals surface area contributed by atoms with E-state index in [0.717, 1.165) is 12.8 Å². The van der Waals surface area contributed by atoms with Gasteiger partial charge in [0.15, 0.2) is 0 Å². The van der Waals surface area contributed by atoms with Crippen molar-refractivity contribution in [3.05, 3.63) is 65.7 Å². The second-order valence-corrected chi connectivity index (χ2v) is 6.78. The molecule has 1 aliphatic heterocycles. The topological polar surface area (TPSA) is 59.6 Å². The Kier molecular flexibility index (Phi) is 6.81. The number of amides is 2. The summed E-state index contributed by atoms with van der Waals surface area (Å²) in [7, 11) is 0. The molecule has 0 radical (unpaired) electrons. The Balaban J connectivity index is 1.59. The van der Waals surface area contributed by atoms with Crippen LogP contribution in [0.25, 0.3) is 0 Å². The summed E-state index contributed by atoms with van der Waals surface area (Å²) in [5.74, 6) is 0.0583. The fourth-order valence-corrected chi connectivity index (χ4v) is 3.47. The quantitative estimate of drug-likeness (QED) is 0.755. The van der Waals surface area contributed by atoms with Crippen LogP contribution >= 0.6 is 0 Å². The van der Waals surface area contributed by atoms with E-state index in [0.29, 0.717) is 25.3 Å². The van der Waals surface area contributed by atoms with Gasteiger partial charge in [-0.1, -0.05) is 48.5 Å². The fourth-order valence-electron chi connectivity index (χ4n) is 3.47. The van der Waals surface area contributed by atoms with Gasteiger partial charge in [-0.2, -0.15) is 8.78 Å². The predicted molar refractivity (Wildman–Crippen MR) is 101 cm³/mol. The Morgan fingerprint density at radius 2 is 1.71 bits per heavy atom. The Hall–Kier alpha value is -2.67. The molecule has 1 aliphatic rings. The van der Waals surface area contributed by atoms with E-state index in [9.17, 15) is 13.6 Å². The largest absolute Gasteiger partial charge is 0.434 e. The van der Waals surface area contributed by atoms with Crippen LogP contribution in [0.2, 0.25) is 0 Å². The summed E-state index contributed by atoms with van der Waals surface area (Å²) in [6, 6.07) is 16.2. The molecule has 2 amide bonds. The number of para-hydroxylation sites is 1. The Morgan fingerprint density at radius 1 is 1.04 bits per heavy atom. The van der Waals surface area contributed by atoms with Crippen LogP contribution in [0, 0.1) is 0 Å². The molecular formula is C21H24F2N2O3. The molecule has 2 aromatic carbocycles. The van der Waals surface area contributed by atoms with Gasteiger partial charge in [-0.25, -0.2) is 4.79 Å². The van der Waals surface area contributed by atoms with Gasteiger partial charge in [0.25, 0.3) is 0 Å². The minimum Gasteiger partial charge on any atom is -0.434 e. The maximum Gasteiger partial charge on any atom is 0.387 e. The van der Waals surface area contributed by atoms with Gasteiger partial charge in [0.05, 0.1) is 0 Å². The van der Waals surface area contributed by atoms with Crippen molar-refractivity contribution in [3.63, 3.8) is 0 Å². The summed E-state index contributed by atoms with van der Waals surface area (Å²) in [6.45, 7) is -1.04. The van der Waals surface area contributed by atoms with Crippen LogP contribution < -0.4 is 15.4 Å². The molecule has 1 heterocycles. The zero-order valence-electron chi connectivity index (χ0n) is 15.5. The molecule has 0 bridgehead atoms. The normalized spacial score (nSPS) is 15.8. The van der Waals surface area contributed by atoms with E-state index in [2.05, 4.69) is 27.5 Å². The second-order valence-electron chi connectivity index (χ2n) is 6.78. The third kappa shape index (κ3) is 5.19. The maximum absolute atomic E-state index is 12.5. The summed E-state index contributed by atoms with van der Waals surface area (Å²) in [5, 5.41) is 5.64. The smallest absolute Gasteiger partial charge is 0.387 e. The van der Waals surface area contributed by atoms with Crippen LogP contribution in [0.3, 0.4) is 0 Å². The molecule has 0 saturated carbocycles. The Labute approximate surface area is 163 Å². The molecule has 1 saturated heterocycles. The highest BCUT2D eigenvalue weighted by atomic mass is 19.3. The van der Waals surface area contributed by atoms with Crippen molar-refractivity contribution in [1.82, 2.24) is 10.6 Å². The first-order valence-corrected chi connectivity index (χ1v) is 9.27. The SMILES string of the molecule is O=C(NCc1ccccc1OC(F)F)NCC1(c2ccccc2)CCOCC1. The van der Waals surface area contributed by atoms with Crippen LogP contribution in [0.5, 0.6) is 5.75 Å². The Morgan fingerprint density at radius 3 is 2.43 bits per heavy atom. The summed E-state index contributed by atoms with van der Waals surface area (Å²) in [5.41, 5.74) is 1.49. The minimum atomic E-state index is -2.91. The monoisotopic (exact) mass is 390 g/mol. The van der Waals surface area contributed by atoms with Gasteiger partial charge in [-0.05, 0) is 24.5 Å². The van der Waals surface area contributed by atoms with Gasteiger partial charge in [-0.15, -0.1) is 0 Å². The van der Waals surface area contributed by atoms with Gasteiger partial charge in [-0.3, -0.25) is 0 Å². The van der Waals surface area contributed by atoms with Gasteiger partial charge >= 0.3 is 12.6 Å². The highest BCUT2D eigenvalue weighted by Gasteiger charge is 2.34. The first-order valence-electron chi connectivity index (χ1n) is 9.27. The van der Waals surface area contributed by atoms with Crippen molar-refractivity contribution in [2.45, 2.75) is 31.4 Å². The second kappa shape index (κ2) is 9.50. The third-order valence-corrected chi connectivity index (χ3v) is 5.05. The number of nitrogens with one attached hydrogen (secondary N) is 2. The number of carbonyl (C=O) groups is 1. The zero-order valence-corrected chi connectivity index (χ0v) is 15.5. The van der Waals surface area contributed by atoms with E-state index in [-0.39, 0.29) is 23.7 Å². The molecule has 5 nitrogen and oxygen atoms in total. The Bertz CT molecular complexity index is 765. The zero-order chi connectivity index (χ0) is 19.8. The molecule has 0 aliphatic carbocycles. The third-order valence-electron chi connectivity index (χ3n) is 5.05. The lowest BCUT2D eigenvalue weighted by molar-refractivity contribution is -0.0504. The first-order chi connectivity index (χ1) is 13.6. The molecule has 0 unspecified atom stereocenters. The van der Waals surface area contributed by atoms with E-state index >= 15 is 0 Å². The summed E-state index contributed by atoms with van der Waals surface area (Å²) < 4.78 is 35.0. The number of ether oxygens (including phenoxy) is 2.